The summed E-state index contributed by atoms with van der Waals surface area (Å²) in [5.41, 5.74) is 0. The average Bonchev–Trinajstić information content (AvgIpc) is 2.04. The lowest BCUT2D eigenvalue weighted by atomic mass is 9.91. The van der Waals surface area contributed by atoms with Gasteiger partial charge in [0.15, 0.2) is 0 Å². The summed E-state index contributed by atoms with van der Waals surface area (Å²) >= 11 is 0. The van der Waals surface area contributed by atoms with Crippen LogP contribution in [0.15, 0.2) is 11.8 Å². The van der Waals surface area contributed by atoms with Crippen molar-refractivity contribution in [1.82, 2.24) is 5.32 Å². The Labute approximate surface area is 79.8 Å². The van der Waals surface area contributed by atoms with Crippen molar-refractivity contribution in [3.8, 4) is 0 Å². The average molecular weight is 185 g/mol. The SMILES string of the molecule is CCOC1=CC(O)CC(CNC)C1. The molecule has 0 aliphatic heterocycles. The Hall–Kier alpha value is -0.540. The lowest BCUT2D eigenvalue weighted by Crippen LogP contribution is -2.27. The normalized spacial score (nSPS) is 28.4. The molecule has 0 aromatic heterocycles. The van der Waals surface area contributed by atoms with Gasteiger partial charge in [-0.15, -0.1) is 0 Å². The van der Waals surface area contributed by atoms with Crippen molar-refractivity contribution < 1.29 is 9.84 Å². The molecule has 0 aromatic carbocycles. The summed E-state index contributed by atoms with van der Waals surface area (Å²) in [5, 5.41) is 12.6. The number of rotatable bonds is 4. The Kier molecular flexibility index (Phi) is 4.25. The molecule has 0 saturated heterocycles. The largest absolute Gasteiger partial charge is 0.498 e. The van der Waals surface area contributed by atoms with Crippen molar-refractivity contribution in [2.45, 2.75) is 25.9 Å². The van der Waals surface area contributed by atoms with E-state index in [0.29, 0.717) is 12.5 Å². The Morgan fingerprint density at radius 2 is 2.46 bits per heavy atom. The number of hydrogen-bond donors (Lipinski definition) is 2. The van der Waals surface area contributed by atoms with Gasteiger partial charge in [-0.2, -0.15) is 0 Å². The molecule has 13 heavy (non-hydrogen) atoms. The topological polar surface area (TPSA) is 41.5 Å². The Bertz CT molecular complexity index is 180. The maximum absolute atomic E-state index is 9.52. The number of hydrogen-bond acceptors (Lipinski definition) is 3. The molecule has 1 rings (SSSR count). The molecule has 1 aliphatic rings. The van der Waals surface area contributed by atoms with E-state index in [-0.39, 0.29) is 6.10 Å². The highest BCUT2D eigenvalue weighted by Crippen LogP contribution is 2.24. The van der Waals surface area contributed by atoms with E-state index in [2.05, 4.69) is 5.32 Å². The monoisotopic (exact) mass is 185 g/mol. The minimum absolute atomic E-state index is 0.325. The minimum Gasteiger partial charge on any atom is -0.498 e. The van der Waals surface area contributed by atoms with Gasteiger partial charge in [0.2, 0.25) is 0 Å². The smallest absolute Gasteiger partial charge is 0.0948 e. The zero-order valence-electron chi connectivity index (χ0n) is 8.42. The van der Waals surface area contributed by atoms with Crippen LogP contribution in [0.5, 0.6) is 0 Å². The Morgan fingerprint density at radius 3 is 3.08 bits per heavy atom. The predicted octanol–water partition coefficient (Wildman–Crippen LogP) is 0.897. The van der Waals surface area contributed by atoms with Crippen LogP contribution >= 0.6 is 0 Å². The molecule has 0 radical (unpaired) electrons. The second-order valence-electron chi connectivity index (χ2n) is 3.50. The molecular weight excluding hydrogens is 166 g/mol. The second kappa shape index (κ2) is 5.25. The van der Waals surface area contributed by atoms with Crippen LogP contribution < -0.4 is 5.32 Å². The number of aliphatic hydroxyl groups is 1. The highest BCUT2D eigenvalue weighted by molar-refractivity contribution is 5.04. The van der Waals surface area contributed by atoms with Gasteiger partial charge in [-0.1, -0.05) is 0 Å². The van der Waals surface area contributed by atoms with Crippen molar-refractivity contribution >= 4 is 0 Å². The molecule has 76 valence electrons. The molecule has 0 aromatic rings. The highest BCUT2D eigenvalue weighted by Gasteiger charge is 2.20. The quantitative estimate of drug-likeness (QED) is 0.683. The van der Waals surface area contributed by atoms with Gasteiger partial charge < -0.3 is 15.2 Å². The van der Waals surface area contributed by atoms with Gasteiger partial charge in [-0.3, -0.25) is 0 Å². The van der Waals surface area contributed by atoms with E-state index in [1.54, 1.807) is 0 Å². The van der Waals surface area contributed by atoms with Gasteiger partial charge in [0.25, 0.3) is 0 Å². The van der Waals surface area contributed by atoms with E-state index in [0.717, 1.165) is 25.1 Å². The molecule has 0 spiro atoms. The van der Waals surface area contributed by atoms with Crippen LogP contribution in [0.4, 0.5) is 0 Å². The maximum Gasteiger partial charge on any atom is 0.0948 e. The first-order chi connectivity index (χ1) is 6.26. The molecule has 0 fully saturated rings. The first-order valence-corrected chi connectivity index (χ1v) is 4.92. The molecule has 3 heteroatoms. The Morgan fingerprint density at radius 1 is 1.69 bits per heavy atom. The fourth-order valence-electron chi connectivity index (χ4n) is 1.80. The third-order valence-corrected chi connectivity index (χ3v) is 2.27. The standard InChI is InChI=1S/C10H19NO2/c1-3-13-10-5-8(7-11-2)4-9(12)6-10/h6,8-9,11-12H,3-5,7H2,1-2H3. The molecular formula is C10H19NO2. The highest BCUT2D eigenvalue weighted by atomic mass is 16.5. The number of ether oxygens (including phenoxy) is 1. The lowest BCUT2D eigenvalue weighted by molar-refractivity contribution is 0.133. The number of aliphatic hydroxyl groups excluding tert-OH is 1. The zero-order chi connectivity index (χ0) is 9.68. The van der Waals surface area contributed by atoms with E-state index in [1.165, 1.54) is 0 Å². The molecule has 2 N–H and O–H groups in total. The fourth-order valence-corrected chi connectivity index (χ4v) is 1.80. The summed E-state index contributed by atoms with van der Waals surface area (Å²) < 4.78 is 5.40. The molecule has 3 nitrogen and oxygen atoms in total. The summed E-state index contributed by atoms with van der Waals surface area (Å²) in [6.07, 6.45) is 3.30. The van der Waals surface area contributed by atoms with Crippen molar-refractivity contribution in [1.29, 1.82) is 0 Å². The zero-order valence-corrected chi connectivity index (χ0v) is 8.42. The van der Waals surface area contributed by atoms with Crippen LogP contribution in [-0.2, 0) is 4.74 Å². The van der Waals surface area contributed by atoms with Crippen molar-refractivity contribution in [2.75, 3.05) is 20.2 Å². The summed E-state index contributed by atoms with van der Waals surface area (Å²) in [4.78, 5) is 0. The number of allylic oxidation sites excluding steroid dienone is 1. The van der Waals surface area contributed by atoms with Crippen LogP contribution in [0.2, 0.25) is 0 Å². The Balaban J connectivity index is 2.46. The van der Waals surface area contributed by atoms with Gasteiger partial charge in [0.05, 0.1) is 18.5 Å². The van der Waals surface area contributed by atoms with Crippen LogP contribution in [0.3, 0.4) is 0 Å². The summed E-state index contributed by atoms with van der Waals surface area (Å²) in [6.45, 7) is 3.60. The fraction of sp³-hybridized carbons (Fsp3) is 0.800. The molecule has 2 atom stereocenters. The van der Waals surface area contributed by atoms with Crippen LogP contribution in [0.25, 0.3) is 0 Å². The van der Waals surface area contributed by atoms with E-state index in [4.69, 9.17) is 4.74 Å². The van der Waals surface area contributed by atoms with Gasteiger partial charge >= 0.3 is 0 Å². The summed E-state index contributed by atoms with van der Waals surface area (Å²) in [6, 6.07) is 0. The first kappa shape index (κ1) is 10.5. The van der Waals surface area contributed by atoms with Crippen molar-refractivity contribution in [2.24, 2.45) is 5.92 Å². The number of nitrogens with one attached hydrogen (secondary N) is 1. The predicted molar refractivity (Wildman–Crippen MR) is 52.4 cm³/mol. The molecule has 1 aliphatic carbocycles. The van der Waals surface area contributed by atoms with Gasteiger partial charge in [0.1, 0.15) is 0 Å². The van der Waals surface area contributed by atoms with Crippen LogP contribution in [0.1, 0.15) is 19.8 Å². The van der Waals surface area contributed by atoms with Crippen molar-refractivity contribution in [3.05, 3.63) is 11.8 Å². The lowest BCUT2D eigenvalue weighted by Gasteiger charge is -2.25. The van der Waals surface area contributed by atoms with Gasteiger partial charge in [-0.25, -0.2) is 0 Å². The van der Waals surface area contributed by atoms with Crippen LogP contribution in [-0.4, -0.2) is 31.4 Å². The van der Waals surface area contributed by atoms with E-state index in [9.17, 15) is 5.11 Å². The molecule has 2 unspecified atom stereocenters. The maximum atomic E-state index is 9.52. The van der Waals surface area contributed by atoms with E-state index >= 15 is 0 Å². The van der Waals surface area contributed by atoms with Crippen molar-refractivity contribution in [3.63, 3.8) is 0 Å². The van der Waals surface area contributed by atoms with E-state index in [1.807, 2.05) is 20.0 Å². The molecule has 0 heterocycles. The van der Waals surface area contributed by atoms with E-state index < -0.39 is 0 Å². The van der Waals surface area contributed by atoms with Gasteiger partial charge in [0, 0.05) is 6.42 Å². The summed E-state index contributed by atoms with van der Waals surface area (Å²) in [5.74, 6) is 1.45. The first-order valence-electron chi connectivity index (χ1n) is 4.92. The molecule has 0 bridgehead atoms. The van der Waals surface area contributed by atoms with Crippen LogP contribution in [0, 0.1) is 5.92 Å². The molecule has 0 saturated carbocycles. The van der Waals surface area contributed by atoms with Gasteiger partial charge in [-0.05, 0) is 38.9 Å². The summed E-state index contributed by atoms with van der Waals surface area (Å²) in [7, 11) is 1.94. The molecule has 0 amide bonds. The second-order valence-corrected chi connectivity index (χ2v) is 3.50. The third-order valence-electron chi connectivity index (χ3n) is 2.27. The third kappa shape index (κ3) is 3.36. The minimum atomic E-state index is -0.325.